The third-order valence-electron chi connectivity index (χ3n) is 7.50. The highest BCUT2D eigenvalue weighted by Gasteiger charge is 2.50. The Labute approximate surface area is 237 Å². The van der Waals surface area contributed by atoms with Gasteiger partial charge in [-0.05, 0) is 32.0 Å². The van der Waals surface area contributed by atoms with E-state index >= 15 is 0 Å². The molecule has 2 aromatic carbocycles. The largest absolute Gasteiger partial charge is 0.507 e. The number of phenols is 3. The van der Waals surface area contributed by atoms with Gasteiger partial charge in [-0.1, -0.05) is 0 Å². The van der Waals surface area contributed by atoms with Crippen LogP contribution in [0.3, 0.4) is 0 Å². The number of carbonyl (C=O) groups is 1. The molecule has 14 heteroatoms. The standard InChI is InChI=1S/C28H30O14/c1-9-21(33)24(36)27(42-28-25(37)23(35)20(32)10(2)40-28)26(39-9)19-14(31)8-17-18(22(19)34)13(30)7-16(41-17)11-4-5-15(38-3)12(29)6-11/h4-10,20-21,23,25-29,31-35,37H,1-3H3/t9-,10-,20-,21-,23+,25+,26+,27-,28-/m0/s1. The quantitative estimate of drug-likeness (QED) is 0.211. The van der Waals surface area contributed by atoms with Crippen molar-refractivity contribution in [3.8, 4) is 34.3 Å². The predicted molar refractivity (Wildman–Crippen MR) is 141 cm³/mol. The monoisotopic (exact) mass is 590 g/mol. The summed E-state index contributed by atoms with van der Waals surface area (Å²) < 4.78 is 27.6. The number of aliphatic hydroxyl groups is 4. The molecule has 9 atom stereocenters. The van der Waals surface area contributed by atoms with Gasteiger partial charge in [0.05, 0.1) is 24.9 Å². The normalized spacial score (nSPS) is 31.8. The highest BCUT2D eigenvalue weighted by atomic mass is 16.7. The van der Waals surface area contributed by atoms with Crippen molar-refractivity contribution in [3.63, 3.8) is 0 Å². The lowest BCUT2D eigenvalue weighted by atomic mass is 9.90. The van der Waals surface area contributed by atoms with Crippen LogP contribution in [0.2, 0.25) is 0 Å². The number of aromatic hydroxyl groups is 3. The zero-order valence-corrected chi connectivity index (χ0v) is 22.6. The SMILES string of the molecule is COc1ccc(-c2cc(=O)c3c(O)c([C@H]4O[C@@H](C)[C@H](O)C(=O)[C@@H]4O[C@@H]4O[C@@H](C)[C@H](O)[C@@H](O)[C@H]4O)c(O)cc3o2)cc1O. The van der Waals surface area contributed by atoms with Gasteiger partial charge in [-0.3, -0.25) is 9.59 Å². The second kappa shape index (κ2) is 11.1. The van der Waals surface area contributed by atoms with Gasteiger partial charge in [-0.25, -0.2) is 0 Å². The minimum absolute atomic E-state index is 0.00245. The van der Waals surface area contributed by atoms with Crippen molar-refractivity contribution < 1.29 is 63.9 Å². The first kappa shape index (κ1) is 29.7. The number of ketones is 1. The van der Waals surface area contributed by atoms with Crippen LogP contribution in [0, 0.1) is 0 Å². The molecule has 0 spiro atoms. The average molecular weight is 591 g/mol. The number of hydrogen-bond acceptors (Lipinski definition) is 14. The molecule has 2 aliphatic heterocycles. The van der Waals surface area contributed by atoms with Gasteiger partial charge in [0.2, 0.25) is 0 Å². The number of aliphatic hydroxyl groups excluding tert-OH is 4. The Kier molecular flexibility index (Phi) is 7.89. The number of carbonyl (C=O) groups excluding carboxylic acids is 1. The van der Waals surface area contributed by atoms with Crippen molar-refractivity contribution in [2.75, 3.05) is 7.11 Å². The molecule has 0 bridgehead atoms. The molecule has 0 unspecified atom stereocenters. The van der Waals surface area contributed by atoms with Crippen LogP contribution in [0.15, 0.2) is 39.5 Å². The lowest BCUT2D eigenvalue weighted by Gasteiger charge is -2.43. The smallest absolute Gasteiger partial charge is 0.197 e. The number of Topliss-reactive ketones (excluding diaryl/α,β-unsaturated/α-hetero) is 1. The van der Waals surface area contributed by atoms with Crippen LogP contribution in [-0.4, -0.2) is 97.7 Å². The van der Waals surface area contributed by atoms with E-state index in [4.69, 9.17) is 23.4 Å². The Balaban J connectivity index is 1.58. The fraction of sp³-hybridized carbons (Fsp3) is 0.429. The van der Waals surface area contributed by atoms with E-state index in [-0.39, 0.29) is 28.2 Å². The van der Waals surface area contributed by atoms with Crippen LogP contribution in [0.1, 0.15) is 25.5 Å². The number of ether oxygens (including phenoxy) is 4. The summed E-state index contributed by atoms with van der Waals surface area (Å²) in [5, 5.41) is 73.0. The maximum Gasteiger partial charge on any atom is 0.197 e. The van der Waals surface area contributed by atoms with Gasteiger partial charge in [-0.15, -0.1) is 0 Å². The molecule has 0 aliphatic carbocycles. The molecule has 0 amide bonds. The minimum Gasteiger partial charge on any atom is -0.507 e. The Morgan fingerprint density at radius 2 is 1.55 bits per heavy atom. The van der Waals surface area contributed by atoms with Gasteiger partial charge < -0.3 is 59.1 Å². The molecule has 3 heterocycles. The van der Waals surface area contributed by atoms with Gasteiger partial charge in [0.1, 0.15) is 58.7 Å². The Morgan fingerprint density at radius 1 is 0.833 bits per heavy atom. The van der Waals surface area contributed by atoms with E-state index in [1.165, 1.54) is 39.2 Å². The highest BCUT2D eigenvalue weighted by Crippen LogP contribution is 2.45. The first-order valence-corrected chi connectivity index (χ1v) is 13.0. The summed E-state index contributed by atoms with van der Waals surface area (Å²) in [6, 6.07) is 6.34. The molecule has 3 aromatic rings. The second-order valence-electron chi connectivity index (χ2n) is 10.2. The van der Waals surface area contributed by atoms with Gasteiger partial charge in [0.15, 0.2) is 35.1 Å². The van der Waals surface area contributed by atoms with Crippen LogP contribution >= 0.6 is 0 Å². The van der Waals surface area contributed by atoms with Crippen LogP contribution in [0.4, 0.5) is 0 Å². The average Bonchev–Trinajstić information content (AvgIpc) is 2.94. The zero-order valence-electron chi connectivity index (χ0n) is 22.6. The van der Waals surface area contributed by atoms with E-state index < -0.39 is 83.4 Å². The van der Waals surface area contributed by atoms with Gasteiger partial charge in [-0.2, -0.15) is 0 Å². The van der Waals surface area contributed by atoms with E-state index in [0.717, 1.165) is 12.1 Å². The Morgan fingerprint density at radius 3 is 2.21 bits per heavy atom. The van der Waals surface area contributed by atoms with Crippen molar-refractivity contribution in [1.82, 2.24) is 0 Å². The molecule has 42 heavy (non-hydrogen) atoms. The minimum atomic E-state index is -1.82. The molecule has 0 saturated carbocycles. The molecule has 2 fully saturated rings. The lowest BCUT2D eigenvalue weighted by Crippen LogP contribution is -2.60. The molecular weight excluding hydrogens is 560 g/mol. The van der Waals surface area contributed by atoms with Crippen molar-refractivity contribution in [1.29, 1.82) is 0 Å². The van der Waals surface area contributed by atoms with E-state index in [1.54, 1.807) is 0 Å². The van der Waals surface area contributed by atoms with Gasteiger partial charge >= 0.3 is 0 Å². The summed E-state index contributed by atoms with van der Waals surface area (Å²) in [4.78, 5) is 26.4. The van der Waals surface area contributed by atoms with E-state index in [2.05, 4.69) is 0 Å². The summed E-state index contributed by atoms with van der Waals surface area (Å²) in [7, 11) is 1.37. The second-order valence-corrected chi connectivity index (χ2v) is 10.2. The van der Waals surface area contributed by atoms with Crippen molar-refractivity contribution >= 4 is 16.8 Å². The Hall–Kier alpha value is -3.76. The number of methoxy groups -OCH3 is 1. The first-order chi connectivity index (χ1) is 19.8. The van der Waals surface area contributed by atoms with Crippen molar-refractivity contribution in [2.24, 2.45) is 0 Å². The zero-order chi connectivity index (χ0) is 30.6. The molecule has 1 aromatic heterocycles. The summed E-state index contributed by atoms with van der Waals surface area (Å²) in [5.41, 5.74) is -1.14. The van der Waals surface area contributed by atoms with Crippen LogP contribution in [0.25, 0.3) is 22.3 Å². The van der Waals surface area contributed by atoms with Crippen LogP contribution in [-0.2, 0) is 19.0 Å². The summed E-state index contributed by atoms with van der Waals surface area (Å²) >= 11 is 0. The lowest BCUT2D eigenvalue weighted by molar-refractivity contribution is -0.314. The molecule has 2 saturated heterocycles. The first-order valence-electron chi connectivity index (χ1n) is 13.0. The van der Waals surface area contributed by atoms with Crippen molar-refractivity contribution in [3.05, 3.63) is 46.1 Å². The molecule has 2 aliphatic rings. The molecule has 226 valence electrons. The third-order valence-corrected chi connectivity index (χ3v) is 7.50. The summed E-state index contributed by atoms with van der Waals surface area (Å²) in [6.45, 7) is 2.76. The van der Waals surface area contributed by atoms with Gasteiger partial charge in [0.25, 0.3) is 0 Å². The molecule has 14 nitrogen and oxygen atoms in total. The molecule has 7 N–H and O–H groups in total. The predicted octanol–water partition coefficient (Wildman–Crippen LogP) is 0.188. The fourth-order valence-electron chi connectivity index (χ4n) is 5.12. The maximum atomic E-state index is 13.2. The van der Waals surface area contributed by atoms with E-state index in [0.29, 0.717) is 5.56 Å². The van der Waals surface area contributed by atoms with Crippen LogP contribution < -0.4 is 10.2 Å². The number of benzene rings is 2. The van der Waals surface area contributed by atoms with Gasteiger partial charge in [0, 0.05) is 17.7 Å². The van der Waals surface area contributed by atoms with Crippen molar-refractivity contribution in [2.45, 2.75) is 69.0 Å². The van der Waals surface area contributed by atoms with Crippen LogP contribution in [0.5, 0.6) is 23.0 Å². The molecular formula is C28H30O14. The number of rotatable bonds is 5. The van der Waals surface area contributed by atoms with E-state index in [9.17, 15) is 45.3 Å². The topological polar surface area (TPSA) is 226 Å². The fourth-order valence-corrected chi connectivity index (χ4v) is 5.12. The number of fused-ring (bicyclic) bond motifs is 1. The molecule has 0 radical (unpaired) electrons. The van der Waals surface area contributed by atoms with E-state index in [1.807, 2.05) is 0 Å². The summed E-state index contributed by atoms with van der Waals surface area (Å²) in [5.74, 6) is -2.45. The molecule has 5 rings (SSSR count). The number of hydrogen-bond donors (Lipinski definition) is 7. The highest BCUT2D eigenvalue weighted by molar-refractivity contribution is 5.92. The Bertz CT molecular complexity index is 1570. The number of phenolic OH excluding ortho intramolecular Hbond substituents is 3. The maximum absolute atomic E-state index is 13.2. The summed E-state index contributed by atoms with van der Waals surface area (Å²) in [6.07, 6.45) is -14.0. The third kappa shape index (κ3) is 4.96.